The Morgan fingerprint density at radius 2 is 1.92 bits per heavy atom. The van der Waals surface area contributed by atoms with Crippen LogP contribution in [0.1, 0.15) is 42.0 Å². The molecule has 0 amide bonds. The van der Waals surface area contributed by atoms with Crippen LogP contribution in [0, 0.1) is 6.92 Å². The van der Waals surface area contributed by atoms with Crippen LogP contribution < -0.4 is 15.7 Å². The fourth-order valence-corrected chi connectivity index (χ4v) is 3.38. The van der Waals surface area contributed by atoms with E-state index in [9.17, 15) is 4.79 Å². The Morgan fingerprint density at radius 1 is 1.12 bits per heavy atom. The first kappa shape index (κ1) is 18.2. The normalized spacial score (nSPS) is 11.3. The van der Waals surface area contributed by atoms with Crippen molar-refractivity contribution >= 4 is 11.0 Å². The van der Waals surface area contributed by atoms with E-state index in [0.29, 0.717) is 11.5 Å². The van der Waals surface area contributed by atoms with Crippen LogP contribution in [0.15, 0.2) is 51.7 Å². The van der Waals surface area contributed by atoms with Crippen molar-refractivity contribution in [2.45, 2.75) is 39.8 Å². The summed E-state index contributed by atoms with van der Waals surface area (Å²) in [5, 5.41) is 3.22. The maximum Gasteiger partial charge on any atom is 0.336 e. The average molecular weight is 352 g/mol. The van der Waals surface area contributed by atoms with Gasteiger partial charge in [-0.05, 0) is 48.2 Å². The van der Waals surface area contributed by atoms with E-state index >= 15 is 0 Å². The third-order valence-electron chi connectivity index (χ3n) is 4.72. The highest BCUT2D eigenvalue weighted by molar-refractivity contribution is 5.82. The molecule has 2 N–H and O–H groups in total. The van der Waals surface area contributed by atoms with Gasteiger partial charge in [-0.25, -0.2) is 4.79 Å². The van der Waals surface area contributed by atoms with E-state index in [1.165, 1.54) is 11.1 Å². The first-order chi connectivity index (χ1) is 12.5. The second-order valence-corrected chi connectivity index (χ2v) is 7.00. The Balaban J connectivity index is 1.86. The SMILES string of the molecule is COc1cccc(C[NH2+]Cc2cc(=O)oc3cc(C)c(C(C)C)cc23)c1. The lowest BCUT2D eigenvalue weighted by molar-refractivity contribution is -0.686. The molecule has 3 aromatic rings. The molecule has 1 aromatic heterocycles. The van der Waals surface area contributed by atoms with Crippen LogP contribution in [-0.2, 0) is 13.1 Å². The van der Waals surface area contributed by atoms with Gasteiger partial charge >= 0.3 is 5.63 Å². The minimum absolute atomic E-state index is 0.293. The molecular weight excluding hydrogens is 326 g/mol. The monoisotopic (exact) mass is 352 g/mol. The molecule has 26 heavy (non-hydrogen) atoms. The molecule has 0 bridgehead atoms. The Bertz CT molecular complexity index is 973. The van der Waals surface area contributed by atoms with E-state index in [-0.39, 0.29) is 5.63 Å². The third-order valence-corrected chi connectivity index (χ3v) is 4.72. The summed E-state index contributed by atoms with van der Waals surface area (Å²) in [5.41, 5.74) is 5.04. The average Bonchev–Trinajstić information content (AvgIpc) is 2.60. The number of ether oxygens (including phenoxy) is 1. The topological polar surface area (TPSA) is 56.0 Å². The van der Waals surface area contributed by atoms with Gasteiger partial charge in [0.25, 0.3) is 0 Å². The van der Waals surface area contributed by atoms with Crippen LogP contribution in [0.4, 0.5) is 0 Å². The number of nitrogens with two attached hydrogens (primary N) is 1. The standard InChI is InChI=1S/C22H25NO3/c1-14(2)19-11-20-17(10-22(24)26-21(20)8-15(19)3)13-23-12-16-6-5-7-18(9-16)25-4/h5-11,14,23H,12-13H2,1-4H3/p+1. The maximum absolute atomic E-state index is 12.0. The van der Waals surface area contributed by atoms with Crippen LogP contribution in [0.3, 0.4) is 0 Å². The van der Waals surface area contributed by atoms with Gasteiger partial charge in [-0.3, -0.25) is 0 Å². The predicted octanol–water partition coefficient (Wildman–Crippen LogP) is 3.50. The van der Waals surface area contributed by atoms with Crippen molar-refractivity contribution < 1.29 is 14.5 Å². The molecule has 2 aromatic carbocycles. The van der Waals surface area contributed by atoms with E-state index in [1.807, 2.05) is 24.3 Å². The number of methoxy groups -OCH3 is 1. The maximum atomic E-state index is 12.0. The molecule has 0 atom stereocenters. The minimum Gasteiger partial charge on any atom is -0.497 e. The lowest BCUT2D eigenvalue weighted by atomic mass is 9.95. The Labute approximate surface area is 153 Å². The highest BCUT2D eigenvalue weighted by atomic mass is 16.5. The van der Waals surface area contributed by atoms with Gasteiger partial charge in [0.05, 0.1) is 7.11 Å². The smallest absolute Gasteiger partial charge is 0.336 e. The second-order valence-electron chi connectivity index (χ2n) is 7.00. The zero-order valence-corrected chi connectivity index (χ0v) is 15.8. The van der Waals surface area contributed by atoms with Gasteiger partial charge in [0.2, 0.25) is 0 Å². The molecule has 4 heteroatoms. The van der Waals surface area contributed by atoms with Crippen molar-refractivity contribution in [1.29, 1.82) is 0 Å². The van der Waals surface area contributed by atoms with Crippen LogP contribution >= 0.6 is 0 Å². The van der Waals surface area contributed by atoms with Crippen molar-refractivity contribution in [2.24, 2.45) is 0 Å². The number of fused-ring (bicyclic) bond motifs is 1. The number of hydrogen-bond donors (Lipinski definition) is 1. The van der Waals surface area contributed by atoms with E-state index in [0.717, 1.165) is 35.4 Å². The summed E-state index contributed by atoms with van der Waals surface area (Å²) in [4.78, 5) is 12.0. The molecule has 0 fully saturated rings. The van der Waals surface area contributed by atoms with Crippen LogP contribution in [0.2, 0.25) is 0 Å². The molecule has 4 nitrogen and oxygen atoms in total. The summed E-state index contributed by atoms with van der Waals surface area (Å²) in [7, 11) is 1.67. The van der Waals surface area contributed by atoms with Gasteiger partial charge < -0.3 is 14.5 Å². The molecule has 0 aliphatic carbocycles. The van der Waals surface area contributed by atoms with Gasteiger partial charge in [-0.15, -0.1) is 0 Å². The molecule has 0 spiro atoms. The van der Waals surface area contributed by atoms with Crippen LogP contribution in [0.25, 0.3) is 11.0 Å². The van der Waals surface area contributed by atoms with E-state index in [1.54, 1.807) is 13.2 Å². The third kappa shape index (κ3) is 3.97. The minimum atomic E-state index is -0.293. The first-order valence-corrected chi connectivity index (χ1v) is 9.00. The van der Waals surface area contributed by atoms with Crippen LogP contribution in [0.5, 0.6) is 5.75 Å². The van der Waals surface area contributed by atoms with Gasteiger partial charge in [0, 0.05) is 22.6 Å². The van der Waals surface area contributed by atoms with Gasteiger partial charge in [-0.2, -0.15) is 0 Å². The molecule has 0 saturated heterocycles. The molecule has 0 aliphatic rings. The molecule has 136 valence electrons. The summed E-state index contributed by atoms with van der Waals surface area (Å²) in [6.45, 7) is 7.97. The summed E-state index contributed by atoms with van der Waals surface area (Å²) in [6, 6.07) is 13.8. The Morgan fingerprint density at radius 3 is 2.65 bits per heavy atom. The molecule has 0 unspecified atom stereocenters. The molecular formula is C22H26NO3+. The van der Waals surface area contributed by atoms with E-state index < -0.39 is 0 Å². The lowest BCUT2D eigenvalue weighted by Crippen LogP contribution is -2.80. The van der Waals surface area contributed by atoms with Crippen molar-refractivity contribution in [3.8, 4) is 5.75 Å². The highest BCUT2D eigenvalue weighted by Gasteiger charge is 2.12. The van der Waals surface area contributed by atoms with Gasteiger partial charge in [0.1, 0.15) is 24.4 Å². The Kier molecular flexibility index (Phi) is 5.43. The number of rotatable bonds is 6. The summed E-state index contributed by atoms with van der Waals surface area (Å²) in [5.74, 6) is 1.29. The van der Waals surface area contributed by atoms with Crippen molar-refractivity contribution in [2.75, 3.05) is 7.11 Å². The lowest BCUT2D eigenvalue weighted by Gasteiger charge is -2.12. The van der Waals surface area contributed by atoms with Gasteiger partial charge in [0.15, 0.2) is 0 Å². The zero-order chi connectivity index (χ0) is 18.7. The van der Waals surface area contributed by atoms with E-state index in [4.69, 9.17) is 9.15 Å². The molecule has 0 radical (unpaired) electrons. The molecule has 1 heterocycles. The summed E-state index contributed by atoms with van der Waals surface area (Å²) >= 11 is 0. The zero-order valence-electron chi connectivity index (χ0n) is 15.8. The summed E-state index contributed by atoms with van der Waals surface area (Å²) < 4.78 is 10.7. The van der Waals surface area contributed by atoms with E-state index in [2.05, 4.69) is 38.2 Å². The number of hydrogen-bond acceptors (Lipinski definition) is 3. The number of quaternary nitrogens is 1. The number of benzene rings is 2. The largest absolute Gasteiger partial charge is 0.497 e. The number of aryl methyl sites for hydroxylation is 1. The summed E-state index contributed by atoms with van der Waals surface area (Å²) in [6.07, 6.45) is 0. The fraction of sp³-hybridized carbons (Fsp3) is 0.318. The predicted molar refractivity (Wildman–Crippen MR) is 104 cm³/mol. The molecule has 0 aliphatic heterocycles. The fourth-order valence-electron chi connectivity index (χ4n) is 3.38. The highest BCUT2D eigenvalue weighted by Crippen LogP contribution is 2.26. The van der Waals surface area contributed by atoms with Gasteiger partial charge in [-0.1, -0.05) is 26.0 Å². The first-order valence-electron chi connectivity index (χ1n) is 9.00. The molecule has 0 saturated carbocycles. The van der Waals surface area contributed by atoms with Crippen molar-refractivity contribution in [3.63, 3.8) is 0 Å². The van der Waals surface area contributed by atoms with Crippen LogP contribution in [-0.4, -0.2) is 7.11 Å². The van der Waals surface area contributed by atoms with Crippen molar-refractivity contribution in [1.82, 2.24) is 0 Å². The van der Waals surface area contributed by atoms with Crippen molar-refractivity contribution in [3.05, 3.63) is 75.1 Å². The molecule has 3 rings (SSSR count). The Hall–Kier alpha value is -2.59. The second kappa shape index (κ2) is 7.75. The quantitative estimate of drug-likeness (QED) is 0.691.